The van der Waals surface area contributed by atoms with Gasteiger partial charge in [0, 0.05) is 13.0 Å². The van der Waals surface area contributed by atoms with E-state index in [-0.39, 0.29) is 17.9 Å². The monoisotopic (exact) mass is 247 g/mol. The van der Waals surface area contributed by atoms with Crippen molar-refractivity contribution in [3.63, 3.8) is 0 Å². The molecule has 0 saturated carbocycles. The standard InChI is InChI=1S/C12H13N3O3/c1-7-14-9-6-8(12(17)18)2-3-10(9)15(7)5-4-11(13)16/h2-3,6H,4-5H2,1H3,(H2,13,16)(H,17,18). The fourth-order valence-electron chi connectivity index (χ4n) is 1.89. The highest BCUT2D eigenvalue weighted by atomic mass is 16.4. The minimum atomic E-state index is -0.985. The number of imidazole rings is 1. The summed E-state index contributed by atoms with van der Waals surface area (Å²) in [6.45, 7) is 2.26. The molecule has 0 saturated heterocycles. The number of hydrogen-bond acceptors (Lipinski definition) is 3. The molecule has 0 unspecified atom stereocenters. The summed E-state index contributed by atoms with van der Waals surface area (Å²) in [6, 6.07) is 4.73. The lowest BCUT2D eigenvalue weighted by Crippen LogP contribution is -2.14. The van der Waals surface area contributed by atoms with E-state index in [9.17, 15) is 9.59 Å². The summed E-state index contributed by atoms with van der Waals surface area (Å²) in [5, 5.41) is 8.90. The van der Waals surface area contributed by atoms with Crippen LogP contribution in [0.2, 0.25) is 0 Å². The van der Waals surface area contributed by atoms with Crippen molar-refractivity contribution in [1.82, 2.24) is 9.55 Å². The molecule has 2 aromatic rings. The van der Waals surface area contributed by atoms with Crippen molar-refractivity contribution in [3.8, 4) is 0 Å². The maximum absolute atomic E-state index is 10.9. The second kappa shape index (κ2) is 4.48. The number of carbonyl (C=O) groups is 2. The minimum Gasteiger partial charge on any atom is -0.478 e. The molecule has 6 heteroatoms. The van der Waals surface area contributed by atoms with Crippen LogP contribution in [-0.4, -0.2) is 26.5 Å². The van der Waals surface area contributed by atoms with Crippen LogP contribution in [0.15, 0.2) is 18.2 Å². The molecule has 94 valence electrons. The maximum atomic E-state index is 10.9. The number of carbonyl (C=O) groups excluding carboxylic acids is 1. The van der Waals surface area contributed by atoms with Gasteiger partial charge in [0.2, 0.25) is 5.91 Å². The molecule has 6 nitrogen and oxygen atoms in total. The van der Waals surface area contributed by atoms with Crippen molar-refractivity contribution in [3.05, 3.63) is 29.6 Å². The van der Waals surface area contributed by atoms with Crippen LogP contribution < -0.4 is 5.73 Å². The van der Waals surface area contributed by atoms with Gasteiger partial charge in [-0.1, -0.05) is 0 Å². The molecule has 1 aromatic heterocycles. The number of aromatic carboxylic acids is 1. The Morgan fingerprint density at radius 3 is 2.78 bits per heavy atom. The zero-order valence-electron chi connectivity index (χ0n) is 9.88. The molecule has 1 heterocycles. The smallest absolute Gasteiger partial charge is 0.335 e. The number of rotatable bonds is 4. The van der Waals surface area contributed by atoms with E-state index in [1.807, 2.05) is 4.57 Å². The number of aryl methyl sites for hydroxylation is 2. The summed E-state index contributed by atoms with van der Waals surface area (Å²) in [7, 11) is 0. The van der Waals surface area contributed by atoms with Crippen LogP contribution in [0.4, 0.5) is 0 Å². The van der Waals surface area contributed by atoms with Gasteiger partial charge in [-0.05, 0) is 25.1 Å². The number of carboxylic acid groups (broad SMARTS) is 1. The van der Waals surface area contributed by atoms with E-state index in [1.165, 1.54) is 12.1 Å². The van der Waals surface area contributed by atoms with Gasteiger partial charge < -0.3 is 15.4 Å². The average Bonchev–Trinajstić information content (AvgIpc) is 2.60. The van der Waals surface area contributed by atoms with E-state index in [4.69, 9.17) is 10.8 Å². The zero-order chi connectivity index (χ0) is 13.3. The molecule has 0 aliphatic carbocycles. The fourth-order valence-corrected chi connectivity index (χ4v) is 1.89. The van der Waals surface area contributed by atoms with Gasteiger partial charge in [-0.3, -0.25) is 4.79 Å². The number of hydrogen-bond donors (Lipinski definition) is 2. The third-order valence-electron chi connectivity index (χ3n) is 2.77. The largest absolute Gasteiger partial charge is 0.478 e. The Balaban J connectivity index is 2.45. The number of nitrogens with two attached hydrogens (primary N) is 1. The lowest BCUT2D eigenvalue weighted by Gasteiger charge is -2.04. The first kappa shape index (κ1) is 12.1. The van der Waals surface area contributed by atoms with Gasteiger partial charge in [-0.2, -0.15) is 0 Å². The highest BCUT2D eigenvalue weighted by molar-refractivity contribution is 5.92. The lowest BCUT2D eigenvalue weighted by molar-refractivity contribution is -0.118. The Hall–Kier alpha value is -2.37. The van der Waals surface area contributed by atoms with E-state index < -0.39 is 5.97 Å². The van der Waals surface area contributed by atoms with Crippen molar-refractivity contribution in [2.24, 2.45) is 5.73 Å². The van der Waals surface area contributed by atoms with E-state index in [0.717, 1.165) is 11.3 Å². The van der Waals surface area contributed by atoms with Crippen LogP contribution in [-0.2, 0) is 11.3 Å². The first-order valence-electron chi connectivity index (χ1n) is 5.47. The molecular weight excluding hydrogens is 234 g/mol. The SMILES string of the molecule is Cc1nc2cc(C(=O)O)ccc2n1CCC(N)=O. The molecule has 0 aliphatic rings. The first-order chi connectivity index (χ1) is 8.49. The molecular formula is C12H13N3O3. The third kappa shape index (κ3) is 2.17. The zero-order valence-corrected chi connectivity index (χ0v) is 9.88. The van der Waals surface area contributed by atoms with Gasteiger partial charge in [-0.25, -0.2) is 9.78 Å². The van der Waals surface area contributed by atoms with Crippen molar-refractivity contribution < 1.29 is 14.7 Å². The number of fused-ring (bicyclic) bond motifs is 1. The number of carboxylic acids is 1. The quantitative estimate of drug-likeness (QED) is 0.839. The minimum absolute atomic E-state index is 0.196. The number of nitrogens with zero attached hydrogens (tertiary/aromatic N) is 2. The van der Waals surface area contributed by atoms with Crippen molar-refractivity contribution in [2.75, 3.05) is 0 Å². The molecule has 0 atom stereocenters. The van der Waals surface area contributed by atoms with Crippen LogP contribution in [0, 0.1) is 6.92 Å². The second-order valence-corrected chi connectivity index (χ2v) is 4.04. The Kier molecular flexibility index (Phi) is 3.01. The summed E-state index contributed by atoms with van der Waals surface area (Å²) in [5.41, 5.74) is 6.73. The normalized spacial score (nSPS) is 10.7. The molecule has 3 N–H and O–H groups in total. The van der Waals surface area contributed by atoms with Crippen LogP contribution in [0.3, 0.4) is 0 Å². The average molecular weight is 247 g/mol. The number of amides is 1. The van der Waals surface area contributed by atoms with Crippen LogP contribution in [0.1, 0.15) is 22.6 Å². The van der Waals surface area contributed by atoms with Crippen molar-refractivity contribution in [1.29, 1.82) is 0 Å². The third-order valence-corrected chi connectivity index (χ3v) is 2.77. The summed E-state index contributed by atoms with van der Waals surface area (Å²) in [4.78, 5) is 25.9. The van der Waals surface area contributed by atoms with E-state index in [2.05, 4.69) is 4.98 Å². The van der Waals surface area contributed by atoms with Gasteiger partial charge in [0.15, 0.2) is 0 Å². The predicted octanol–water partition coefficient (Wildman–Crippen LogP) is 0.918. The summed E-state index contributed by atoms with van der Waals surface area (Å²) < 4.78 is 1.85. The summed E-state index contributed by atoms with van der Waals surface area (Å²) >= 11 is 0. The van der Waals surface area contributed by atoms with E-state index >= 15 is 0 Å². The van der Waals surface area contributed by atoms with Gasteiger partial charge in [-0.15, -0.1) is 0 Å². The molecule has 2 rings (SSSR count). The first-order valence-corrected chi connectivity index (χ1v) is 5.47. The molecule has 0 aliphatic heterocycles. The Bertz CT molecular complexity index is 631. The lowest BCUT2D eigenvalue weighted by atomic mass is 10.2. The van der Waals surface area contributed by atoms with Crippen LogP contribution in [0.5, 0.6) is 0 Å². The van der Waals surface area contributed by atoms with Gasteiger partial charge in [0.05, 0.1) is 16.6 Å². The van der Waals surface area contributed by atoms with E-state index in [0.29, 0.717) is 12.1 Å². The molecule has 1 aromatic carbocycles. The number of primary amides is 1. The van der Waals surface area contributed by atoms with Crippen LogP contribution >= 0.6 is 0 Å². The molecule has 18 heavy (non-hydrogen) atoms. The van der Waals surface area contributed by atoms with Gasteiger partial charge in [0.25, 0.3) is 0 Å². The summed E-state index contributed by atoms with van der Waals surface area (Å²) in [5.74, 6) is -0.631. The Labute approximate surface area is 103 Å². The highest BCUT2D eigenvalue weighted by Crippen LogP contribution is 2.18. The van der Waals surface area contributed by atoms with Crippen molar-refractivity contribution in [2.45, 2.75) is 19.9 Å². The molecule has 1 amide bonds. The molecule has 0 spiro atoms. The van der Waals surface area contributed by atoms with E-state index in [1.54, 1.807) is 13.0 Å². The number of aromatic nitrogens is 2. The Morgan fingerprint density at radius 2 is 2.17 bits per heavy atom. The maximum Gasteiger partial charge on any atom is 0.335 e. The van der Waals surface area contributed by atoms with Gasteiger partial charge >= 0.3 is 5.97 Å². The molecule has 0 bridgehead atoms. The Morgan fingerprint density at radius 1 is 1.44 bits per heavy atom. The molecule has 0 radical (unpaired) electrons. The highest BCUT2D eigenvalue weighted by Gasteiger charge is 2.11. The van der Waals surface area contributed by atoms with Crippen molar-refractivity contribution >= 4 is 22.9 Å². The van der Waals surface area contributed by atoms with Crippen LogP contribution in [0.25, 0.3) is 11.0 Å². The summed E-state index contributed by atoms with van der Waals surface area (Å²) in [6.07, 6.45) is 0.229. The second-order valence-electron chi connectivity index (χ2n) is 4.04. The van der Waals surface area contributed by atoms with Gasteiger partial charge in [0.1, 0.15) is 5.82 Å². The number of benzene rings is 1. The predicted molar refractivity (Wildman–Crippen MR) is 65.2 cm³/mol. The fraction of sp³-hybridized carbons (Fsp3) is 0.250. The molecule has 0 fully saturated rings. The topological polar surface area (TPSA) is 98.2 Å².